The summed E-state index contributed by atoms with van der Waals surface area (Å²) < 4.78 is 0.826. The maximum atomic E-state index is 13.6. The molecule has 2 amide bonds. The molecule has 8 nitrogen and oxygen atoms in total. The summed E-state index contributed by atoms with van der Waals surface area (Å²) >= 11 is 8.49. The normalized spacial score (nSPS) is 24.3. The van der Waals surface area contributed by atoms with Crippen LogP contribution in [-0.2, 0) is 14.4 Å². The second-order valence-electron chi connectivity index (χ2n) is 8.18. The molecule has 0 aliphatic carbocycles. The van der Waals surface area contributed by atoms with Crippen molar-refractivity contribution in [1.82, 2.24) is 20.0 Å². The standard InChI is InChI=1S/C22H26N4O4S3/c1-3-9-24-11-25(12-33-22(24)31)17(14-7-5-4-6-8-14)18(27)23-15-19(28)26-16(21(29)30)13(2)10-32-20(15)26/h4-8,15,17,20H,3,9-12H2,1-2H3,(H,23,27)(H,29,30)/t15-,17+,20+/m0/s1. The van der Waals surface area contributed by atoms with Crippen LogP contribution >= 0.6 is 35.7 Å². The predicted molar refractivity (Wildman–Crippen MR) is 133 cm³/mol. The van der Waals surface area contributed by atoms with Crippen LogP contribution in [-0.4, -0.2) is 78.2 Å². The first-order chi connectivity index (χ1) is 15.8. The van der Waals surface area contributed by atoms with E-state index in [1.165, 1.54) is 28.4 Å². The van der Waals surface area contributed by atoms with E-state index in [0.717, 1.165) is 22.8 Å². The zero-order chi connectivity index (χ0) is 23.7. The number of aliphatic carboxylic acids is 1. The Morgan fingerprint density at radius 2 is 2.03 bits per heavy atom. The molecule has 3 atom stereocenters. The van der Waals surface area contributed by atoms with E-state index in [0.29, 0.717) is 23.9 Å². The lowest BCUT2D eigenvalue weighted by Crippen LogP contribution is -2.71. The van der Waals surface area contributed by atoms with Gasteiger partial charge >= 0.3 is 5.97 Å². The molecular formula is C22H26N4O4S3. The first-order valence-corrected chi connectivity index (χ1v) is 13.2. The summed E-state index contributed by atoms with van der Waals surface area (Å²) in [4.78, 5) is 43.5. The first kappa shape index (κ1) is 24.1. The number of hydrogen-bond acceptors (Lipinski definition) is 7. The smallest absolute Gasteiger partial charge is 0.352 e. The van der Waals surface area contributed by atoms with E-state index in [1.807, 2.05) is 30.3 Å². The highest BCUT2D eigenvalue weighted by molar-refractivity contribution is 8.22. The fraction of sp³-hybridized carbons (Fsp3) is 0.455. The lowest BCUT2D eigenvalue weighted by Gasteiger charge is -2.49. The van der Waals surface area contributed by atoms with Crippen molar-refractivity contribution >= 4 is 57.8 Å². The van der Waals surface area contributed by atoms with Crippen LogP contribution in [0.25, 0.3) is 0 Å². The molecule has 0 radical (unpaired) electrons. The minimum Gasteiger partial charge on any atom is -0.477 e. The predicted octanol–water partition coefficient (Wildman–Crippen LogP) is 2.45. The Labute approximate surface area is 206 Å². The molecular weight excluding hydrogens is 480 g/mol. The van der Waals surface area contributed by atoms with Gasteiger partial charge in [0.15, 0.2) is 0 Å². The minimum absolute atomic E-state index is 0.0324. The minimum atomic E-state index is -1.12. The number of carbonyl (C=O) groups excluding carboxylic acids is 2. The van der Waals surface area contributed by atoms with Gasteiger partial charge in [0.1, 0.15) is 27.5 Å². The summed E-state index contributed by atoms with van der Waals surface area (Å²) in [6, 6.07) is 8.16. The molecule has 4 rings (SSSR count). The highest BCUT2D eigenvalue weighted by Crippen LogP contribution is 2.40. The van der Waals surface area contributed by atoms with E-state index in [-0.39, 0.29) is 17.5 Å². The van der Waals surface area contributed by atoms with Gasteiger partial charge in [0, 0.05) is 12.3 Å². The maximum Gasteiger partial charge on any atom is 0.352 e. The van der Waals surface area contributed by atoms with Crippen molar-refractivity contribution in [2.45, 2.75) is 37.7 Å². The molecule has 176 valence electrons. The van der Waals surface area contributed by atoms with Crippen LogP contribution in [0.1, 0.15) is 31.9 Å². The summed E-state index contributed by atoms with van der Waals surface area (Å²) in [5.41, 5.74) is 1.52. The van der Waals surface area contributed by atoms with Crippen LogP contribution in [0.4, 0.5) is 0 Å². The van der Waals surface area contributed by atoms with Crippen molar-refractivity contribution in [3.63, 3.8) is 0 Å². The van der Waals surface area contributed by atoms with Crippen LogP contribution < -0.4 is 5.32 Å². The number of fused-ring (bicyclic) bond motifs is 1. The van der Waals surface area contributed by atoms with Gasteiger partial charge < -0.3 is 15.3 Å². The van der Waals surface area contributed by atoms with Crippen molar-refractivity contribution in [3.8, 4) is 0 Å². The van der Waals surface area contributed by atoms with Crippen LogP contribution in [0.2, 0.25) is 0 Å². The highest BCUT2D eigenvalue weighted by Gasteiger charge is 2.54. The van der Waals surface area contributed by atoms with Crippen LogP contribution in [0.3, 0.4) is 0 Å². The average molecular weight is 507 g/mol. The SMILES string of the molecule is CCCN1CN([C@@H](C(=O)N[C@H]2C(=O)N3C(C(=O)O)=C(C)CS[C@H]23)c2ccccc2)CSC1=S. The molecule has 2 fully saturated rings. The third-order valence-electron chi connectivity index (χ3n) is 5.85. The molecule has 3 heterocycles. The van der Waals surface area contributed by atoms with Crippen LogP contribution in [0.15, 0.2) is 41.6 Å². The van der Waals surface area contributed by atoms with Crippen molar-refractivity contribution in [2.24, 2.45) is 0 Å². The van der Waals surface area contributed by atoms with E-state index in [1.54, 1.807) is 6.92 Å². The quantitative estimate of drug-likeness (QED) is 0.427. The van der Waals surface area contributed by atoms with Gasteiger partial charge in [-0.2, -0.15) is 0 Å². The van der Waals surface area contributed by atoms with Crippen molar-refractivity contribution < 1.29 is 19.5 Å². The Hall–Kier alpha value is -2.08. The molecule has 1 aromatic carbocycles. The molecule has 0 saturated carbocycles. The summed E-state index contributed by atoms with van der Waals surface area (Å²) in [5, 5.41) is 12.1. The Kier molecular flexibility index (Phi) is 7.32. The van der Waals surface area contributed by atoms with Gasteiger partial charge in [-0.25, -0.2) is 4.79 Å². The monoisotopic (exact) mass is 506 g/mol. The number of benzene rings is 1. The Morgan fingerprint density at radius 3 is 2.70 bits per heavy atom. The number of thioether (sulfide) groups is 2. The number of β-lactam (4-membered cyclic amide) rings is 1. The van der Waals surface area contributed by atoms with E-state index in [4.69, 9.17) is 12.2 Å². The molecule has 0 unspecified atom stereocenters. The molecule has 3 aliphatic rings. The van der Waals surface area contributed by atoms with Gasteiger partial charge in [0.05, 0.1) is 12.5 Å². The average Bonchev–Trinajstić information content (AvgIpc) is 2.80. The summed E-state index contributed by atoms with van der Waals surface area (Å²) in [6.45, 7) is 5.15. The Balaban J connectivity index is 1.54. The number of rotatable bonds is 7. The van der Waals surface area contributed by atoms with Gasteiger partial charge in [0.2, 0.25) is 5.91 Å². The van der Waals surface area contributed by atoms with Crippen molar-refractivity contribution in [1.29, 1.82) is 0 Å². The van der Waals surface area contributed by atoms with E-state index < -0.39 is 23.4 Å². The summed E-state index contributed by atoms with van der Waals surface area (Å²) in [6.07, 6.45) is 0.945. The Bertz CT molecular complexity index is 1000. The molecule has 0 spiro atoms. The second kappa shape index (κ2) is 10.0. The van der Waals surface area contributed by atoms with Gasteiger partial charge in [-0.15, -0.1) is 11.8 Å². The lowest BCUT2D eigenvalue weighted by molar-refractivity contribution is -0.151. The number of carboxylic acid groups (broad SMARTS) is 1. The molecule has 2 N–H and O–H groups in total. The van der Waals surface area contributed by atoms with Crippen LogP contribution in [0.5, 0.6) is 0 Å². The fourth-order valence-corrected chi connectivity index (χ4v) is 6.74. The van der Waals surface area contributed by atoms with Crippen molar-refractivity contribution in [2.75, 3.05) is 24.8 Å². The van der Waals surface area contributed by atoms with Crippen LogP contribution in [0, 0.1) is 0 Å². The number of thiocarbonyl (C=S) groups is 1. The van der Waals surface area contributed by atoms with E-state index in [2.05, 4.69) is 22.0 Å². The number of nitrogens with one attached hydrogen (secondary N) is 1. The topological polar surface area (TPSA) is 93.2 Å². The maximum absolute atomic E-state index is 13.6. The number of carboxylic acids is 1. The molecule has 0 bridgehead atoms. The first-order valence-electron chi connectivity index (χ1n) is 10.7. The van der Waals surface area contributed by atoms with Gasteiger partial charge in [-0.1, -0.05) is 61.2 Å². The van der Waals surface area contributed by atoms with Gasteiger partial charge in [-0.05, 0) is 24.5 Å². The third-order valence-corrected chi connectivity index (χ3v) is 8.85. The largest absolute Gasteiger partial charge is 0.477 e. The highest BCUT2D eigenvalue weighted by atomic mass is 32.2. The molecule has 0 aromatic heterocycles. The number of nitrogens with zero attached hydrogens (tertiary/aromatic N) is 3. The van der Waals surface area contributed by atoms with Crippen molar-refractivity contribution in [3.05, 3.63) is 47.2 Å². The van der Waals surface area contributed by atoms with Gasteiger partial charge in [0.25, 0.3) is 5.91 Å². The van der Waals surface area contributed by atoms with Gasteiger partial charge in [-0.3, -0.25) is 19.4 Å². The summed E-state index contributed by atoms with van der Waals surface area (Å²) in [5.74, 6) is -0.689. The lowest BCUT2D eigenvalue weighted by atomic mass is 10.0. The molecule has 11 heteroatoms. The molecule has 33 heavy (non-hydrogen) atoms. The molecule has 3 aliphatic heterocycles. The number of carbonyl (C=O) groups is 3. The molecule has 1 aromatic rings. The fourth-order valence-electron chi connectivity index (χ4n) is 4.31. The zero-order valence-corrected chi connectivity index (χ0v) is 20.8. The number of amides is 2. The zero-order valence-electron chi connectivity index (χ0n) is 18.4. The summed E-state index contributed by atoms with van der Waals surface area (Å²) in [7, 11) is 0. The Morgan fingerprint density at radius 1 is 1.30 bits per heavy atom. The van der Waals surface area contributed by atoms with E-state index >= 15 is 0 Å². The number of hydrogen-bond donors (Lipinski definition) is 2. The second-order valence-corrected chi connectivity index (χ2v) is 10.9. The third kappa shape index (κ3) is 4.64. The van der Waals surface area contributed by atoms with E-state index in [9.17, 15) is 19.5 Å². The molecule has 2 saturated heterocycles.